The summed E-state index contributed by atoms with van der Waals surface area (Å²) < 4.78 is 16.7. The second-order valence-electron chi connectivity index (χ2n) is 15.6. The quantitative estimate of drug-likeness (QED) is 0.0356. The molecule has 0 aromatic rings. The fourth-order valence-corrected chi connectivity index (χ4v) is 6.59. The first kappa shape index (κ1) is 49.4. The molecule has 6 nitrogen and oxygen atoms in total. The second-order valence-corrected chi connectivity index (χ2v) is 15.6. The zero-order chi connectivity index (χ0) is 37.5. The average molecular weight is 723 g/mol. The van der Waals surface area contributed by atoms with Crippen molar-refractivity contribution in [1.29, 1.82) is 0 Å². The van der Waals surface area contributed by atoms with Gasteiger partial charge in [-0.05, 0) is 25.2 Å². The van der Waals surface area contributed by atoms with E-state index in [1.54, 1.807) is 0 Å². The molecular weight excluding hydrogens is 636 g/mol. The summed E-state index contributed by atoms with van der Waals surface area (Å²) in [5.41, 5.74) is 0. The fraction of sp³-hybridized carbons (Fsp3) is 0.933. The van der Waals surface area contributed by atoms with Gasteiger partial charge >= 0.3 is 17.9 Å². The number of hydrogen-bond donors (Lipinski definition) is 0. The number of rotatable bonds is 40. The Morgan fingerprint density at radius 2 is 0.686 bits per heavy atom. The maximum absolute atomic E-state index is 12.7. The monoisotopic (exact) mass is 723 g/mol. The summed E-state index contributed by atoms with van der Waals surface area (Å²) in [5.74, 6) is -0.0445. The summed E-state index contributed by atoms with van der Waals surface area (Å²) in [7, 11) is 0. The largest absolute Gasteiger partial charge is 0.462 e. The zero-order valence-corrected chi connectivity index (χ0v) is 34.6. The summed E-state index contributed by atoms with van der Waals surface area (Å²) in [6.45, 7) is 8.95. The van der Waals surface area contributed by atoms with E-state index >= 15 is 0 Å². The Balaban J connectivity index is 4.34. The minimum Gasteiger partial charge on any atom is -0.462 e. The van der Waals surface area contributed by atoms with E-state index in [1.165, 1.54) is 141 Å². The molecule has 0 aromatic heterocycles. The molecule has 1 unspecified atom stereocenters. The topological polar surface area (TPSA) is 78.9 Å². The minimum atomic E-state index is -0.759. The first-order valence-electron chi connectivity index (χ1n) is 22.4. The summed E-state index contributed by atoms with van der Waals surface area (Å²) in [5, 5.41) is 0. The van der Waals surface area contributed by atoms with Gasteiger partial charge < -0.3 is 14.2 Å². The predicted octanol–water partition coefficient (Wildman–Crippen LogP) is 13.9. The van der Waals surface area contributed by atoms with Crippen LogP contribution in [0.4, 0.5) is 0 Å². The molecule has 0 aromatic carbocycles. The van der Waals surface area contributed by atoms with E-state index in [9.17, 15) is 14.4 Å². The van der Waals surface area contributed by atoms with E-state index in [0.29, 0.717) is 19.3 Å². The highest BCUT2D eigenvalue weighted by Crippen LogP contribution is 2.16. The fourth-order valence-electron chi connectivity index (χ4n) is 6.59. The summed E-state index contributed by atoms with van der Waals surface area (Å²) >= 11 is 0. The highest BCUT2D eigenvalue weighted by atomic mass is 16.6. The zero-order valence-electron chi connectivity index (χ0n) is 34.6. The Kier molecular flexibility index (Phi) is 38.4. The molecule has 0 aliphatic rings. The van der Waals surface area contributed by atoms with Crippen LogP contribution < -0.4 is 0 Å². The number of esters is 3. The van der Waals surface area contributed by atoms with Gasteiger partial charge in [-0.15, -0.1) is 0 Å². The summed E-state index contributed by atoms with van der Waals surface area (Å²) in [6, 6.07) is 0. The minimum absolute atomic E-state index is 0.0646. The normalized spacial score (nSPS) is 12.5. The molecule has 0 aliphatic carbocycles. The van der Waals surface area contributed by atoms with Crippen LogP contribution >= 0.6 is 0 Å². The Hall–Kier alpha value is -1.59. The van der Waals surface area contributed by atoms with Crippen LogP contribution in [-0.4, -0.2) is 37.2 Å². The van der Waals surface area contributed by atoms with Crippen LogP contribution in [0.2, 0.25) is 0 Å². The molecule has 0 fully saturated rings. The number of carbonyl (C=O) groups is 3. The van der Waals surface area contributed by atoms with Crippen molar-refractivity contribution in [2.45, 2.75) is 252 Å². The van der Waals surface area contributed by atoms with Crippen molar-refractivity contribution in [3.05, 3.63) is 0 Å². The third-order valence-electron chi connectivity index (χ3n) is 10.4. The molecule has 302 valence electrons. The van der Waals surface area contributed by atoms with Crippen LogP contribution in [0, 0.1) is 5.92 Å². The van der Waals surface area contributed by atoms with E-state index in [4.69, 9.17) is 14.2 Å². The molecular formula is C45H86O6. The molecule has 0 aliphatic heterocycles. The van der Waals surface area contributed by atoms with Gasteiger partial charge in [0.1, 0.15) is 13.2 Å². The molecule has 6 heteroatoms. The number of unbranched alkanes of at least 4 members (excludes halogenated alkanes) is 26. The van der Waals surface area contributed by atoms with Gasteiger partial charge in [0.2, 0.25) is 0 Å². The first-order chi connectivity index (χ1) is 24.9. The first-order valence-corrected chi connectivity index (χ1v) is 22.4. The van der Waals surface area contributed by atoms with E-state index in [0.717, 1.165) is 63.7 Å². The van der Waals surface area contributed by atoms with Gasteiger partial charge in [0.05, 0.1) is 0 Å². The van der Waals surface area contributed by atoms with Crippen LogP contribution in [0.1, 0.15) is 246 Å². The Bertz CT molecular complexity index is 768. The molecule has 0 N–H and O–H groups in total. The maximum atomic E-state index is 12.7. The molecule has 51 heavy (non-hydrogen) atoms. The number of ether oxygens (including phenoxy) is 3. The predicted molar refractivity (Wildman–Crippen MR) is 215 cm³/mol. The molecule has 0 amide bonds. The van der Waals surface area contributed by atoms with Crippen molar-refractivity contribution < 1.29 is 28.6 Å². The molecule has 0 rings (SSSR count). The van der Waals surface area contributed by atoms with E-state index in [2.05, 4.69) is 27.7 Å². The van der Waals surface area contributed by atoms with Crippen molar-refractivity contribution in [2.75, 3.05) is 13.2 Å². The lowest BCUT2D eigenvalue weighted by Crippen LogP contribution is -2.30. The van der Waals surface area contributed by atoms with Crippen molar-refractivity contribution in [3.63, 3.8) is 0 Å². The molecule has 0 radical (unpaired) electrons. The number of hydrogen-bond acceptors (Lipinski definition) is 6. The van der Waals surface area contributed by atoms with Gasteiger partial charge in [-0.25, -0.2) is 0 Å². The van der Waals surface area contributed by atoms with Crippen molar-refractivity contribution in [2.24, 2.45) is 5.92 Å². The lowest BCUT2D eigenvalue weighted by molar-refractivity contribution is -0.167. The lowest BCUT2D eigenvalue weighted by Gasteiger charge is -2.18. The van der Waals surface area contributed by atoms with E-state index < -0.39 is 6.10 Å². The average Bonchev–Trinajstić information content (AvgIpc) is 3.13. The Labute approximate surface area is 317 Å². The van der Waals surface area contributed by atoms with Gasteiger partial charge in [0.15, 0.2) is 6.10 Å². The standard InChI is InChI=1S/C45H86O6/c1-5-8-10-12-14-16-18-19-20-22-24-30-34-38-45(48)51-42(39-49-43(46)36-32-28-23-21-17-15-13-11-9-6-2)40-50-44(47)37-33-29-26-25-27-31-35-41(4)7-3/h41-42H,5-40H2,1-4H3/t41?,42-/m1/s1. The van der Waals surface area contributed by atoms with Gasteiger partial charge in [0.25, 0.3) is 0 Å². The van der Waals surface area contributed by atoms with Gasteiger partial charge in [0, 0.05) is 19.3 Å². The van der Waals surface area contributed by atoms with Gasteiger partial charge in [-0.1, -0.05) is 207 Å². The molecule has 0 saturated carbocycles. The third-order valence-corrected chi connectivity index (χ3v) is 10.4. The Morgan fingerprint density at radius 1 is 0.392 bits per heavy atom. The van der Waals surface area contributed by atoms with Crippen LogP contribution in [0.15, 0.2) is 0 Å². The Morgan fingerprint density at radius 3 is 1.02 bits per heavy atom. The molecule has 0 heterocycles. The van der Waals surface area contributed by atoms with Crippen molar-refractivity contribution in [3.8, 4) is 0 Å². The van der Waals surface area contributed by atoms with Gasteiger partial charge in [-0.3, -0.25) is 14.4 Å². The van der Waals surface area contributed by atoms with Crippen LogP contribution in [0.3, 0.4) is 0 Å². The third kappa shape index (κ3) is 38.0. The van der Waals surface area contributed by atoms with Crippen LogP contribution in [0.25, 0.3) is 0 Å². The maximum Gasteiger partial charge on any atom is 0.306 e. The van der Waals surface area contributed by atoms with Crippen LogP contribution in [0.5, 0.6) is 0 Å². The molecule has 0 bridgehead atoms. The molecule has 0 spiro atoms. The van der Waals surface area contributed by atoms with E-state index in [1.807, 2.05) is 0 Å². The lowest BCUT2D eigenvalue weighted by atomic mass is 10.00. The van der Waals surface area contributed by atoms with Gasteiger partial charge in [-0.2, -0.15) is 0 Å². The van der Waals surface area contributed by atoms with Crippen molar-refractivity contribution in [1.82, 2.24) is 0 Å². The second kappa shape index (κ2) is 39.6. The molecule has 2 atom stereocenters. The van der Waals surface area contributed by atoms with Crippen molar-refractivity contribution >= 4 is 17.9 Å². The van der Waals surface area contributed by atoms with Crippen LogP contribution in [-0.2, 0) is 28.6 Å². The summed E-state index contributed by atoms with van der Waals surface area (Å²) in [6.07, 6.45) is 38.0. The SMILES string of the molecule is CCCCCCCCCCCCCCCC(=O)O[C@H](COC(=O)CCCCCCCCCCCC)COC(=O)CCCCCCCCC(C)CC. The number of carbonyl (C=O) groups excluding carboxylic acids is 3. The smallest absolute Gasteiger partial charge is 0.306 e. The summed E-state index contributed by atoms with van der Waals surface area (Å²) in [4.78, 5) is 37.6. The van der Waals surface area contributed by atoms with E-state index in [-0.39, 0.29) is 31.1 Å². The highest BCUT2D eigenvalue weighted by molar-refractivity contribution is 5.71. The highest BCUT2D eigenvalue weighted by Gasteiger charge is 2.19. The molecule has 0 saturated heterocycles.